The lowest BCUT2D eigenvalue weighted by Crippen LogP contribution is -2.04. The molecular formula is C16H18N6O3. The standard InChI is InChI=1S/C16H18N6O3/c1-10-8-22(9-17-10)12-6-5-11(7-13(12)23-2)18-14-19-15(24-3)21-16(20-14)25-4/h5-9H,1-4H3,(H,18,19,20,21). The Morgan fingerprint density at radius 1 is 0.960 bits per heavy atom. The minimum absolute atomic E-state index is 0.159. The van der Waals surface area contributed by atoms with Gasteiger partial charge in [0.25, 0.3) is 0 Å². The predicted octanol–water partition coefficient (Wildman–Crippen LogP) is 2.14. The maximum absolute atomic E-state index is 5.49. The minimum atomic E-state index is 0.159. The summed E-state index contributed by atoms with van der Waals surface area (Å²) >= 11 is 0. The van der Waals surface area contributed by atoms with Gasteiger partial charge in [-0.2, -0.15) is 9.97 Å². The molecule has 9 nitrogen and oxygen atoms in total. The van der Waals surface area contributed by atoms with Crippen LogP contribution in [0.1, 0.15) is 5.69 Å². The zero-order valence-electron chi connectivity index (χ0n) is 14.3. The van der Waals surface area contributed by atoms with E-state index >= 15 is 0 Å². The lowest BCUT2D eigenvalue weighted by Gasteiger charge is -2.12. The zero-order chi connectivity index (χ0) is 17.8. The molecule has 9 heteroatoms. The minimum Gasteiger partial charge on any atom is -0.494 e. The molecule has 0 spiro atoms. The van der Waals surface area contributed by atoms with Crippen LogP contribution in [0.15, 0.2) is 30.7 Å². The van der Waals surface area contributed by atoms with Gasteiger partial charge in [0.15, 0.2) is 0 Å². The van der Waals surface area contributed by atoms with Gasteiger partial charge in [0, 0.05) is 18.0 Å². The van der Waals surface area contributed by atoms with Crippen LogP contribution < -0.4 is 19.5 Å². The molecule has 1 aromatic carbocycles. The van der Waals surface area contributed by atoms with Gasteiger partial charge in [-0.3, -0.25) is 0 Å². The second-order valence-corrected chi connectivity index (χ2v) is 5.07. The second kappa shape index (κ2) is 7.04. The van der Waals surface area contributed by atoms with Crippen molar-refractivity contribution >= 4 is 11.6 Å². The molecule has 25 heavy (non-hydrogen) atoms. The SMILES string of the molecule is COc1nc(Nc2ccc(-n3cnc(C)c3)c(OC)c2)nc(OC)n1. The van der Waals surface area contributed by atoms with Gasteiger partial charge in [-0.15, -0.1) is 4.98 Å². The molecule has 0 aliphatic carbocycles. The van der Waals surface area contributed by atoms with E-state index in [1.54, 1.807) is 13.4 Å². The number of nitrogens with zero attached hydrogens (tertiary/aromatic N) is 5. The van der Waals surface area contributed by atoms with Crippen molar-refractivity contribution in [3.05, 3.63) is 36.4 Å². The highest BCUT2D eigenvalue weighted by Gasteiger charge is 2.10. The first kappa shape index (κ1) is 16.5. The maximum Gasteiger partial charge on any atom is 0.324 e. The molecule has 0 saturated carbocycles. The van der Waals surface area contributed by atoms with Crippen LogP contribution >= 0.6 is 0 Å². The number of ether oxygens (including phenoxy) is 3. The van der Waals surface area contributed by atoms with E-state index in [0.29, 0.717) is 11.7 Å². The van der Waals surface area contributed by atoms with Crippen LogP contribution in [0.4, 0.5) is 11.6 Å². The Labute approximate surface area is 144 Å². The number of aryl methyl sites for hydroxylation is 1. The monoisotopic (exact) mass is 342 g/mol. The average Bonchev–Trinajstić information content (AvgIpc) is 3.07. The van der Waals surface area contributed by atoms with Gasteiger partial charge in [-0.05, 0) is 19.1 Å². The van der Waals surface area contributed by atoms with Crippen LogP contribution in [0.3, 0.4) is 0 Å². The topological polar surface area (TPSA) is 96.2 Å². The molecule has 130 valence electrons. The van der Waals surface area contributed by atoms with Gasteiger partial charge in [-0.25, -0.2) is 4.98 Å². The van der Waals surface area contributed by atoms with Gasteiger partial charge in [0.05, 0.1) is 39.0 Å². The Hall–Kier alpha value is -3.36. The van der Waals surface area contributed by atoms with Crippen molar-refractivity contribution in [2.24, 2.45) is 0 Å². The Bertz CT molecular complexity index is 858. The summed E-state index contributed by atoms with van der Waals surface area (Å²) in [6, 6.07) is 5.96. The Kier molecular flexibility index (Phi) is 4.64. The molecule has 1 N–H and O–H groups in total. The molecule has 2 aromatic heterocycles. The summed E-state index contributed by atoms with van der Waals surface area (Å²) in [7, 11) is 4.56. The van der Waals surface area contributed by atoms with Crippen molar-refractivity contribution in [2.75, 3.05) is 26.6 Å². The lowest BCUT2D eigenvalue weighted by molar-refractivity contribution is 0.341. The van der Waals surface area contributed by atoms with E-state index in [2.05, 4.69) is 25.3 Å². The summed E-state index contributed by atoms with van der Waals surface area (Å²) in [4.78, 5) is 16.5. The molecule has 0 amide bonds. The molecule has 3 rings (SSSR count). The summed E-state index contributed by atoms with van der Waals surface area (Å²) in [5.74, 6) is 0.979. The largest absolute Gasteiger partial charge is 0.494 e. The number of methoxy groups -OCH3 is 3. The van der Waals surface area contributed by atoms with Crippen LogP contribution in [-0.2, 0) is 0 Å². The van der Waals surface area contributed by atoms with Crippen LogP contribution in [0.5, 0.6) is 17.8 Å². The number of anilines is 2. The number of nitrogens with one attached hydrogen (secondary N) is 1. The van der Waals surface area contributed by atoms with Gasteiger partial charge in [0.1, 0.15) is 5.75 Å². The van der Waals surface area contributed by atoms with E-state index in [0.717, 1.165) is 17.1 Å². The number of hydrogen-bond donors (Lipinski definition) is 1. The quantitative estimate of drug-likeness (QED) is 0.728. The summed E-state index contributed by atoms with van der Waals surface area (Å²) in [6.07, 6.45) is 3.66. The first-order chi connectivity index (χ1) is 12.1. The molecule has 0 aliphatic heterocycles. The van der Waals surface area contributed by atoms with Crippen molar-refractivity contribution in [1.29, 1.82) is 0 Å². The summed E-state index contributed by atoms with van der Waals surface area (Å²) < 4.78 is 17.5. The highest BCUT2D eigenvalue weighted by molar-refractivity contribution is 5.62. The molecule has 0 fully saturated rings. The number of benzene rings is 1. The lowest BCUT2D eigenvalue weighted by atomic mass is 10.2. The van der Waals surface area contributed by atoms with Crippen molar-refractivity contribution < 1.29 is 14.2 Å². The third-order valence-electron chi connectivity index (χ3n) is 3.39. The van der Waals surface area contributed by atoms with Gasteiger partial charge in [0.2, 0.25) is 5.95 Å². The van der Waals surface area contributed by atoms with Crippen LogP contribution in [0.2, 0.25) is 0 Å². The van der Waals surface area contributed by atoms with E-state index in [1.165, 1.54) is 14.2 Å². The van der Waals surface area contributed by atoms with E-state index in [-0.39, 0.29) is 12.0 Å². The van der Waals surface area contributed by atoms with Crippen LogP contribution in [0, 0.1) is 6.92 Å². The van der Waals surface area contributed by atoms with E-state index in [1.807, 2.05) is 35.9 Å². The number of rotatable bonds is 6. The van der Waals surface area contributed by atoms with Crippen molar-refractivity contribution in [3.63, 3.8) is 0 Å². The van der Waals surface area contributed by atoms with Crippen molar-refractivity contribution in [1.82, 2.24) is 24.5 Å². The average molecular weight is 342 g/mol. The number of hydrogen-bond acceptors (Lipinski definition) is 8. The highest BCUT2D eigenvalue weighted by atomic mass is 16.5. The normalized spacial score (nSPS) is 10.4. The summed E-state index contributed by atoms with van der Waals surface area (Å²) in [6.45, 7) is 1.93. The summed E-state index contributed by atoms with van der Waals surface area (Å²) in [5.41, 5.74) is 2.54. The summed E-state index contributed by atoms with van der Waals surface area (Å²) in [5, 5.41) is 3.08. The highest BCUT2D eigenvalue weighted by Crippen LogP contribution is 2.28. The predicted molar refractivity (Wildman–Crippen MR) is 91.1 cm³/mol. The molecule has 0 saturated heterocycles. The van der Waals surface area contributed by atoms with Crippen LogP contribution in [0.25, 0.3) is 5.69 Å². The fourth-order valence-corrected chi connectivity index (χ4v) is 2.23. The van der Waals surface area contributed by atoms with Gasteiger partial charge in [-0.1, -0.05) is 0 Å². The fourth-order valence-electron chi connectivity index (χ4n) is 2.23. The third-order valence-corrected chi connectivity index (χ3v) is 3.39. The smallest absolute Gasteiger partial charge is 0.324 e. The van der Waals surface area contributed by atoms with E-state index < -0.39 is 0 Å². The fraction of sp³-hybridized carbons (Fsp3) is 0.250. The Morgan fingerprint density at radius 2 is 1.68 bits per heavy atom. The first-order valence-electron chi connectivity index (χ1n) is 7.43. The Morgan fingerprint density at radius 3 is 2.24 bits per heavy atom. The molecule has 0 unspecified atom stereocenters. The second-order valence-electron chi connectivity index (χ2n) is 5.07. The number of aromatic nitrogens is 5. The molecular weight excluding hydrogens is 324 g/mol. The van der Waals surface area contributed by atoms with Crippen molar-refractivity contribution in [3.8, 4) is 23.5 Å². The maximum atomic E-state index is 5.49. The molecule has 0 bridgehead atoms. The molecule has 0 atom stereocenters. The third kappa shape index (κ3) is 3.60. The van der Waals surface area contributed by atoms with Gasteiger partial charge >= 0.3 is 12.0 Å². The zero-order valence-corrected chi connectivity index (χ0v) is 14.3. The molecule has 0 aliphatic rings. The number of imidazole rings is 1. The van der Waals surface area contributed by atoms with Crippen molar-refractivity contribution in [2.45, 2.75) is 6.92 Å². The molecule has 0 radical (unpaired) electrons. The molecule has 2 heterocycles. The van der Waals surface area contributed by atoms with Crippen LogP contribution in [-0.4, -0.2) is 45.8 Å². The van der Waals surface area contributed by atoms with E-state index in [9.17, 15) is 0 Å². The van der Waals surface area contributed by atoms with Gasteiger partial charge < -0.3 is 24.1 Å². The molecule has 3 aromatic rings. The first-order valence-corrected chi connectivity index (χ1v) is 7.43. The van der Waals surface area contributed by atoms with E-state index in [4.69, 9.17) is 14.2 Å². The Balaban J connectivity index is 1.91.